The Bertz CT molecular complexity index is 513. The molecule has 5 nitrogen and oxygen atoms in total. The van der Waals surface area contributed by atoms with E-state index in [2.05, 4.69) is 9.72 Å². The molecule has 0 saturated carbocycles. The summed E-state index contributed by atoms with van der Waals surface area (Å²) in [5.41, 5.74) is 4.93. The number of aromatic nitrogens is 1. The SMILES string of the molecule is N#CCc1cc(C#N)c(OC(F)(F)F)c(N)n1. The van der Waals surface area contributed by atoms with Gasteiger partial charge in [0, 0.05) is 0 Å². The van der Waals surface area contributed by atoms with Gasteiger partial charge in [0.1, 0.15) is 11.6 Å². The normalized spacial score (nSPS) is 10.4. The Morgan fingerprint density at radius 1 is 1.41 bits per heavy atom. The summed E-state index contributed by atoms with van der Waals surface area (Å²) in [6.07, 6.45) is -5.12. The van der Waals surface area contributed by atoms with E-state index in [0.29, 0.717) is 0 Å². The van der Waals surface area contributed by atoms with Crippen LogP contribution in [0.5, 0.6) is 5.75 Å². The highest BCUT2D eigenvalue weighted by Gasteiger charge is 2.33. The molecular weight excluding hydrogens is 237 g/mol. The van der Waals surface area contributed by atoms with E-state index in [1.54, 1.807) is 6.07 Å². The zero-order chi connectivity index (χ0) is 13.1. The molecule has 0 bridgehead atoms. The minimum atomic E-state index is -4.96. The summed E-state index contributed by atoms with van der Waals surface area (Å²) < 4.78 is 39.7. The molecule has 17 heavy (non-hydrogen) atoms. The highest BCUT2D eigenvalue weighted by Crippen LogP contribution is 2.31. The summed E-state index contributed by atoms with van der Waals surface area (Å²) in [5, 5.41) is 17.1. The zero-order valence-electron chi connectivity index (χ0n) is 8.25. The third kappa shape index (κ3) is 3.24. The van der Waals surface area contributed by atoms with Gasteiger partial charge >= 0.3 is 6.36 Å². The predicted molar refractivity (Wildman–Crippen MR) is 49.4 cm³/mol. The van der Waals surface area contributed by atoms with Gasteiger partial charge in [0.15, 0.2) is 11.6 Å². The number of nitriles is 2. The van der Waals surface area contributed by atoms with Gasteiger partial charge in [-0.05, 0) is 6.07 Å². The van der Waals surface area contributed by atoms with Crippen LogP contribution in [-0.2, 0) is 6.42 Å². The molecule has 0 aliphatic heterocycles. The second-order valence-electron chi connectivity index (χ2n) is 2.87. The maximum Gasteiger partial charge on any atom is 0.573 e. The van der Waals surface area contributed by atoms with Crippen molar-refractivity contribution < 1.29 is 17.9 Å². The average Bonchev–Trinajstić information content (AvgIpc) is 2.20. The van der Waals surface area contributed by atoms with Crippen LogP contribution in [0.3, 0.4) is 0 Å². The van der Waals surface area contributed by atoms with Crippen molar-refractivity contribution in [2.24, 2.45) is 0 Å². The summed E-state index contributed by atoms with van der Waals surface area (Å²) in [5.74, 6) is -1.42. The molecule has 8 heteroatoms. The van der Waals surface area contributed by atoms with Crippen molar-refractivity contribution in [1.82, 2.24) is 4.98 Å². The number of nitrogen functional groups attached to an aromatic ring is 1. The molecule has 0 spiro atoms. The van der Waals surface area contributed by atoms with Crippen LogP contribution >= 0.6 is 0 Å². The summed E-state index contributed by atoms with van der Waals surface area (Å²) in [7, 11) is 0. The van der Waals surface area contributed by atoms with Crippen LogP contribution in [0.25, 0.3) is 0 Å². The van der Waals surface area contributed by atoms with Crippen molar-refractivity contribution in [3.63, 3.8) is 0 Å². The van der Waals surface area contributed by atoms with Crippen molar-refractivity contribution >= 4 is 5.82 Å². The largest absolute Gasteiger partial charge is 0.573 e. The third-order valence-electron chi connectivity index (χ3n) is 1.65. The monoisotopic (exact) mass is 242 g/mol. The highest BCUT2D eigenvalue weighted by molar-refractivity contribution is 5.57. The van der Waals surface area contributed by atoms with Gasteiger partial charge in [-0.1, -0.05) is 0 Å². The molecule has 0 amide bonds. The van der Waals surface area contributed by atoms with Crippen molar-refractivity contribution in [1.29, 1.82) is 10.5 Å². The first-order chi connectivity index (χ1) is 7.87. The van der Waals surface area contributed by atoms with Crippen molar-refractivity contribution in [3.8, 4) is 17.9 Å². The van der Waals surface area contributed by atoms with Crippen LogP contribution in [0, 0.1) is 22.7 Å². The molecule has 0 aliphatic carbocycles. The molecule has 0 fully saturated rings. The lowest BCUT2D eigenvalue weighted by atomic mass is 10.2. The van der Waals surface area contributed by atoms with Gasteiger partial charge in [-0.2, -0.15) is 10.5 Å². The van der Waals surface area contributed by atoms with Gasteiger partial charge in [0.2, 0.25) is 0 Å². The first kappa shape index (κ1) is 12.6. The molecule has 88 valence electrons. The van der Waals surface area contributed by atoms with Crippen LogP contribution < -0.4 is 10.5 Å². The van der Waals surface area contributed by atoms with Crippen molar-refractivity contribution in [2.75, 3.05) is 5.73 Å². The van der Waals surface area contributed by atoms with Gasteiger partial charge in [-0.15, -0.1) is 13.2 Å². The summed E-state index contributed by atoms with van der Waals surface area (Å²) in [4.78, 5) is 3.53. The van der Waals surface area contributed by atoms with E-state index in [1.807, 2.05) is 0 Å². The number of halogens is 3. The number of pyridine rings is 1. The van der Waals surface area contributed by atoms with Gasteiger partial charge < -0.3 is 10.5 Å². The van der Waals surface area contributed by atoms with Crippen LogP contribution in [0.1, 0.15) is 11.3 Å². The number of alkyl halides is 3. The zero-order valence-corrected chi connectivity index (χ0v) is 8.25. The minimum Gasteiger partial charge on any atom is -0.400 e. The van der Waals surface area contributed by atoms with Crippen molar-refractivity contribution in [2.45, 2.75) is 12.8 Å². The van der Waals surface area contributed by atoms with Crippen LogP contribution in [0.2, 0.25) is 0 Å². The molecule has 0 aliphatic rings. The summed E-state index contributed by atoms with van der Waals surface area (Å²) in [6, 6.07) is 4.27. The van der Waals surface area contributed by atoms with E-state index in [1.165, 1.54) is 6.07 Å². The summed E-state index contributed by atoms with van der Waals surface area (Å²) >= 11 is 0. The molecular formula is C9H5F3N4O. The fraction of sp³-hybridized carbons (Fsp3) is 0.222. The summed E-state index contributed by atoms with van der Waals surface area (Å²) in [6.45, 7) is 0. The molecule has 1 rings (SSSR count). The lowest BCUT2D eigenvalue weighted by molar-refractivity contribution is -0.274. The second kappa shape index (κ2) is 4.58. The Labute approximate surface area is 93.8 Å². The maximum atomic E-state index is 12.0. The Hall–Kier alpha value is -2.48. The van der Waals surface area contributed by atoms with E-state index in [4.69, 9.17) is 16.3 Å². The quantitative estimate of drug-likeness (QED) is 0.847. The Morgan fingerprint density at radius 3 is 2.53 bits per heavy atom. The van der Waals surface area contributed by atoms with Gasteiger partial charge in [-0.3, -0.25) is 0 Å². The number of anilines is 1. The van der Waals surface area contributed by atoms with Gasteiger partial charge in [-0.25, -0.2) is 4.98 Å². The van der Waals surface area contributed by atoms with Gasteiger partial charge in [0.25, 0.3) is 0 Å². The number of nitrogens with zero attached hydrogens (tertiary/aromatic N) is 3. The van der Waals surface area contributed by atoms with Crippen LogP contribution in [0.15, 0.2) is 6.07 Å². The highest BCUT2D eigenvalue weighted by atomic mass is 19.4. The Kier molecular flexibility index (Phi) is 3.39. The smallest absolute Gasteiger partial charge is 0.400 e. The third-order valence-corrected chi connectivity index (χ3v) is 1.65. The molecule has 0 unspecified atom stereocenters. The van der Waals surface area contributed by atoms with E-state index >= 15 is 0 Å². The van der Waals surface area contributed by atoms with Crippen LogP contribution in [-0.4, -0.2) is 11.3 Å². The predicted octanol–water partition coefficient (Wildman–Crippen LogP) is 1.50. The standard InChI is InChI=1S/C9H5F3N4O/c10-9(11,12)17-7-5(4-14)3-6(1-2-13)16-8(7)15/h3H,1H2,(H2,15,16). The molecule has 0 radical (unpaired) electrons. The fourth-order valence-electron chi connectivity index (χ4n) is 1.09. The molecule has 0 aromatic carbocycles. The van der Waals surface area contributed by atoms with E-state index in [9.17, 15) is 13.2 Å². The minimum absolute atomic E-state index is 0.107. The lowest BCUT2D eigenvalue weighted by Crippen LogP contribution is -2.19. The fourth-order valence-corrected chi connectivity index (χ4v) is 1.09. The Morgan fingerprint density at radius 2 is 2.06 bits per heavy atom. The van der Waals surface area contributed by atoms with Crippen LogP contribution in [0.4, 0.5) is 19.0 Å². The van der Waals surface area contributed by atoms with Gasteiger partial charge in [0.05, 0.1) is 18.2 Å². The maximum absolute atomic E-state index is 12.0. The lowest BCUT2D eigenvalue weighted by Gasteiger charge is -2.12. The number of rotatable bonds is 2. The number of nitrogens with two attached hydrogens (primary N) is 1. The first-order valence-electron chi connectivity index (χ1n) is 4.19. The number of ether oxygens (including phenoxy) is 1. The molecule has 1 aromatic heterocycles. The van der Waals surface area contributed by atoms with E-state index in [-0.39, 0.29) is 12.1 Å². The molecule has 0 saturated heterocycles. The first-order valence-corrected chi connectivity index (χ1v) is 4.19. The molecule has 2 N–H and O–H groups in total. The molecule has 1 aromatic rings. The number of hydrogen-bond acceptors (Lipinski definition) is 5. The Balaban J connectivity index is 3.24. The van der Waals surface area contributed by atoms with Crippen molar-refractivity contribution in [3.05, 3.63) is 17.3 Å². The molecule has 0 atom stereocenters. The average molecular weight is 242 g/mol. The van der Waals surface area contributed by atoms with E-state index < -0.39 is 23.5 Å². The van der Waals surface area contributed by atoms with E-state index in [0.717, 1.165) is 6.07 Å². The second-order valence-corrected chi connectivity index (χ2v) is 2.87. The molecule has 1 heterocycles. The number of hydrogen-bond donors (Lipinski definition) is 1. The topological polar surface area (TPSA) is 95.7 Å².